The van der Waals surface area contributed by atoms with Crippen LogP contribution < -0.4 is 0 Å². The second-order valence-electron chi connectivity index (χ2n) is 2.89. The number of aromatic nitrogens is 1. The first kappa shape index (κ1) is 11.6. The predicted octanol–water partition coefficient (Wildman–Crippen LogP) is 1.49. The van der Waals surface area contributed by atoms with E-state index >= 15 is 0 Å². The lowest BCUT2D eigenvalue weighted by Crippen LogP contribution is -2.16. The molecule has 15 heavy (non-hydrogen) atoms. The lowest BCUT2D eigenvalue weighted by molar-refractivity contribution is -0.145. The number of carboxylic acid groups (broad SMARTS) is 2. The molecule has 5 nitrogen and oxygen atoms in total. The van der Waals surface area contributed by atoms with Gasteiger partial charge in [0.2, 0.25) is 0 Å². The molecule has 0 radical (unpaired) electrons. The van der Waals surface area contributed by atoms with E-state index < -0.39 is 24.3 Å². The molecular formula is C9H8BrNO4. The third-order valence-corrected chi connectivity index (χ3v) is 2.52. The standard InChI is InChI=1S/C9H8BrNO4/c10-7-4-11-2-1-5(7)6(9(14)15)3-8(12)13/h1-2,4,6H,3H2,(H,12,13)(H,14,15). The molecule has 0 aliphatic carbocycles. The number of hydrogen-bond donors (Lipinski definition) is 2. The van der Waals surface area contributed by atoms with Gasteiger partial charge >= 0.3 is 11.9 Å². The van der Waals surface area contributed by atoms with Gasteiger partial charge in [-0.1, -0.05) is 0 Å². The van der Waals surface area contributed by atoms with Crippen LogP contribution in [0.15, 0.2) is 22.9 Å². The fraction of sp³-hybridized carbons (Fsp3) is 0.222. The summed E-state index contributed by atoms with van der Waals surface area (Å²) < 4.78 is 0.499. The van der Waals surface area contributed by atoms with Gasteiger partial charge in [0.25, 0.3) is 0 Å². The maximum atomic E-state index is 10.9. The highest BCUT2D eigenvalue weighted by molar-refractivity contribution is 9.10. The summed E-state index contributed by atoms with van der Waals surface area (Å²) in [6.07, 6.45) is 2.42. The minimum absolute atomic E-state index is 0.417. The van der Waals surface area contributed by atoms with Crippen molar-refractivity contribution in [1.82, 2.24) is 4.98 Å². The van der Waals surface area contributed by atoms with Crippen LogP contribution >= 0.6 is 15.9 Å². The topological polar surface area (TPSA) is 87.5 Å². The van der Waals surface area contributed by atoms with Crippen molar-refractivity contribution in [2.45, 2.75) is 12.3 Å². The van der Waals surface area contributed by atoms with Gasteiger partial charge in [0.1, 0.15) is 0 Å². The lowest BCUT2D eigenvalue weighted by atomic mass is 9.97. The van der Waals surface area contributed by atoms with Crippen LogP contribution in [0.25, 0.3) is 0 Å². The van der Waals surface area contributed by atoms with E-state index in [9.17, 15) is 9.59 Å². The second kappa shape index (κ2) is 4.88. The molecule has 1 rings (SSSR count). The molecule has 80 valence electrons. The summed E-state index contributed by atoms with van der Waals surface area (Å²) in [5.74, 6) is -3.37. The number of carbonyl (C=O) groups is 2. The highest BCUT2D eigenvalue weighted by Crippen LogP contribution is 2.26. The molecule has 0 amide bonds. The Morgan fingerprint density at radius 3 is 2.60 bits per heavy atom. The maximum Gasteiger partial charge on any atom is 0.311 e. The number of nitrogens with zero attached hydrogens (tertiary/aromatic N) is 1. The average Bonchev–Trinajstić information content (AvgIpc) is 2.15. The van der Waals surface area contributed by atoms with Crippen molar-refractivity contribution < 1.29 is 19.8 Å². The quantitative estimate of drug-likeness (QED) is 0.868. The molecule has 0 bridgehead atoms. The monoisotopic (exact) mass is 273 g/mol. The summed E-state index contributed by atoms with van der Waals surface area (Å²) >= 11 is 3.14. The van der Waals surface area contributed by atoms with Gasteiger partial charge in [0.05, 0.1) is 12.3 Å². The maximum absolute atomic E-state index is 10.9. The highest BCUT2D eigenvalue weighted by atomic mass is 79.9. The van der Waals surface area contributed by atoms with Crippen molar-refractivity contribution in [3.05, 3.63) is 28.5 Å². The summed E-state index contributed by atoms with van der Waals surface area (Å²) in [6.45, 7) is 0. The molecule has 0 saturated carbocycles. The largest absolute Gasteiger partial charge is 0.481 e. The number of pyridine rings is 1. The molecule has 0 saturated heterocycles. The molecule has 0 spiro atoms. The first-order chi connectivity index (χ1) is 7.02. The van der Waals surface area contributed by atoms with Gasteiger partial charge in [-0.3, -0.25) is 14.6 Å². The molecule has 0 aliphatic rings. The zero-order valence-electron chi connectivity index (χ0n) is 7.55. The van der Waals surface area contributed by atoms with Gasteiger partial charge in [-0.05, 0) is 27.6 Å². The minimum atomic E-state index is -1.16. The van der Waals surface area contributed by atoms with E-state index in [0.29, 0.717) is 10.0 Å². The van der Waals surface area contributed by atoms with E-state index in [1.165, 1.54) is 18.5 Å². The number of aliphatic carboxylic acids is 2. The van der Waals surface area contributed by atoms with Crippen LogP contribution in [0.4, 0.5) is 0 Å². The SMILES string of the molecule is O=C(O)CC(C(=O)O)c1ccncc1Br. The van der Waals surface area contributed by atoms with E-state index in [1.807, 2.05) is 0 Å². The Kier molecular flexibility index (Phi) is 3.79. The number of rotatable bonds is 4. The Balaban J connectivity index is 3.04. The van der Waals surface area contributed by atoms with Crippen LogP contribution in [0.3, 0.4) is 0 Å². The summed E-state index contributed by atoms with van der Waals surface area (Å²) in [7, 11) is 0. The molecule has 0 aromatic carbocycles. The van der Waals surface area contributed by atoms with Gasteiger partial charge in [-0.2, -0.15) is 0 Å². The smallest absolute Gasteiger partial charge is 0.311 e. The summed E-state index contributed by atoms with van der Waals surface area (Å²) in [5.41, 5.74) is 0.417. The first-order valence-electron chi connectivity index (χ1n) is 4.06. The van der Waals surface area contributed by atoms with Crippen LogP contribution in [0.5, 0.6) is 0 Å². The van der Waals surface area contributed by atoms with Gasteiger partial charge in [-0.25, -0.2) is 0 Å². The first-order valence-corrected chi connectivity index (χ1v) is 4.85. The van der Waals surface area contributed by atoms with Gasteiger partial charge < -0.3 is 10.2 Å². The highest BCUT2D eigenvalue weighted by Gasteiger charge is 2.24. The van der Waals surface area contributed by atoms with Crippen molar-refractivity contribution in [3.8, 4) is 0 Å². The van der Waals surface area contributed by atoms with Crippen LogP contribution in [0.1, 0.15) is 17.9 Å². The zero-order valence-corrected chi connectivity index (χ0v) is 9.14. The average molecular weight is 274 g/mol. The molecular weight excluding hydrogens is 266 g/mol. The Bertz CT molecular complexity index is 393. The predicted molar refractivity (Wildman–Crippen MR) is 54.6 cm³/mol. The number of halogens is 1. The molecule has 1 heterocycles. The molecule has 0 fully saturated rings. The molecule has 6 heteroatoms. The molecule has 1 aromatic rings. The summed E-state index contributed by atoms with van der Waals surface area (Å²) in [4.78, 5) is 25.2. The van der Waals surface area contributed by atoms with Gasteiger partial charge in [-0.15, -0.1) is 0 Å². The third kappa shape index (κ3) is 3.02. The van der Waals surface area contributed by atoms with Crippen molar-refractivity contribution in [3.63, 3.8) is 0 Å². The van der Waals surface area contributed by atoms with E-state index in [0.717, 1.165) is 0 Å². The van der Waals surface area contributed by atoms with Gasteiger partial charge in [0.15, 0.2) is 0 Å². The molecule has 0 aliphatic heterocycles. The third-order valence-electron chi connectivity index (χ3n) is 1.86. The Morgan fingerprint density at radius 1 is 1.47 bits per heavy atom. The molecule has 1 atom stereocenters. The Morgan fingerprint density at radius 2 is 2.13 bits per heavy atom. The van der Waals surface area contributed by atoms with Crippen LogP contribution in [0, 0.1) is 0 Å². The fourth-order valence-electron chi connectivity index (χ4n) is 1.17. The van der Waals surface area contributed by atoms with Crippen LogP contribution in [-0.4, -0.2) is 27.1 Å². The number of hydrogen-bond acceptors (Lipinski definition) is 3. The van der Waals surface area contributed by atoms with Crippen molar-refractivity contribution in [2.24, 2.45) is 0 Å². The molecule has 2 N–H and O–H groups in total. The summed E-state index contributed by atoms with van der Waals surface area (Å²) in [6, 6.07) is 1.49. The van der Waals surface area contributed by atoms with E-state index in [1.54, 1.807) is 0 Å². The second-order valence-corrected chi connectivity index (χ2v) is 3.74. The zero-order chi connectivity index (χ0) is 11.4. The Hall–Kier alpha value is -1.43. The van der Waals surface area contributed by atoms with Crippen molar-refractivity contribution in [2.75, 3.05) is 0 Å². The van der Waals surface area contributed by atoms with E-state index in [-0.39, 0.29) is 0 Å². The van der Waals surface area contributed by atoms with Gasteiger partial charge in [0, 0.05) is 16.9 Å². The lowest BCUT2D eigenvalue weighted by Gasteiger charge is -2.11. The minimum Gasteiger partial charge on any atom is -0.481 e. The molecule has 1 aromatic heterocycles. The normalized spacial score (nSPS) is 12.1. The van der Waals surface area contributed by atoms with Crippen LogP contribution in [0.2, 0.25) is 0 Å². The van der Waals surface area contributed by atoms with E-state index in [2.05, 4.69) is 20.9 Å². The van der Waals surface area contributed by atoms with Crippen molar-refractivity contribution in [1.29, 1.82) is 0 Å². The Labute approximate surface area is 93.9 Å². The van der Waals surface area contributed by atoms with Crippen LogP contribution in [-0.2, 0) is 9.59 Å². The molecule has 1 unspecified atom stereocenters. The fourth-order valence-corrected chi connectivity index (χ4v) is 1.70. The summed E-state index contributed by atoms with van der Waals surface area (Å²) in [5, 5.41) is 17.5. The van der Waals surface area contributed by atoms with Crippen molar-refractivity contribution >= 4 is 27.9 Å². The van der Waals surface area contributed by atoms with E-state index in [4.69, 9.17) is 10.2 Å². The number of carboxylic acids is 2.